The maximum absolute atomic E-state index is 13.2. The average Bonchev–Trinajstić information content (AvgIpc) is 3.62. The molecule has 7 rings (SSSR count). The molecule has 3 aliphatic heterocycles. The molecule has 2 spiro atoms. The van der Waals surface area contributed by atoms with Crippen LogP contribution in [-0.4, -0.2) is 62.6 Å². The number of rotatable bonds is 5. The lowest BCUT2D eigenvalue weighted by atomic mass is 9.70. The number of nitrogens with one attached hydrogen (secondary N) is 1. The van der Waals surface area contributed by atoms with E-state index in [1.807, 2.05) is 25.3 Å². The Morgan fingerprint density at radius 3 is 2.09 bits per heavy atom. The molecule has 1 aromatic heterocycles. The van der Waals surface area contributed by atoms with E-state index in [1.54, 1.807) is 17.7 Å². The fourth-order valence-corrected chi connectivity index (χ4v) is 8.16. The Hall–Kier alpha value is -4.52. The summed E-state index contributed by atoms with van der Waals surface area (Å²) in [7, 11) is 1.99. The van der Waals surface area contributed by atoms with Crippen LogP contribution in [-0.2, 0) is 38.7 Å². The molecule has 4 heterocycles. The van der Waals surface area contributed by atoms with Crippen molar-refractivity contribution < 1.29 is 43.0 Å². The van der Waals surface area contributed by atoms with Crippen LogP contribution >= 0.6 is 11.3 Å². The van der Waals surface area contributed by atoms with E-state index in [-0.39, 0.29) is 11.0 Å². The second-order valence-corrected chi connectivity index (χ2v) is 14.2. The third kappa shape index (κ3) is 5.60. The Bertz CT molecular complexity index is 1720. The largest absolute Gasteiger partial charge is 0.480 e. The molecule has 3 fully saturated rings. The van der Waals surface area contributed by atoms with Crippen molar-refractivity contribution in [3.05, 3.63) is 65.1 Å². The first-order valence-electron chi connectivity index (χ1n) is 15.9. The maximum Gasteiger partial charge on any atom is 0.369 e. The van der Waals surface area contributed by atoms with Gasteiger partial charge in [0.25, 0.3) is 23.2 Å². The third-order valence-corrected chi connectivity index (χ3v) is 10.9. The molecule has 0 radical (unpaired) electrons. The van der Waals surface area contributed by atoms with E-state index < -0.39 is 41.1 Å². The predicted octanol–water partition coefficient (Wildman–Crippen LogP) is 5.39. The zero-order valence-electron chi connectivity index (χ0n) is 26.5. The first-order valence-corrected chi connectivity index (χ1v) is 16.8. The van der Waals surface area contributed by atoms with Gasteiger partial charge in [-0.15, -0.1) is 11.3 Å². The summed E-state index contributed by atoms with van der Waals surface area (Å²) in [5.41, 5.74) is 5.12. The van der Waals surface area contributed by atoms with Gasteiger partial charge < -0.3 is 24.1 Å². The molecule has 13 heteroatoms. The Morgan fingerprint density at radius 1 is 0.915 bits per heavy atom. The molecular weight excluding hydrogens is 624 g/mol. The summed E-state index contributed by atoms with van der Waals surface area (Å²) >= 11 is 1.28. The van der Waals surface area contributed by atoms with Gasteiger partial charge >= 0.3 is 17.9 Å². The number of para-hydroxylation sites is 1. The number of carbonyl (C=O) groups is 3. The van der Waals surface area contributed by atoms with Crippen LogP contribution in [0, 0.1) is 11.8 Å². The highest BCUT2D eigenvalue weighted by Gasteiger charge is 2.52. The monoisotopic (exact) mass is 661 g/mol. The van der Waals surface area contributed by atoms with E-state index >= 15 is 0 Å². The highest BCUT2D eigenvalue weighted by Crippen LogP contribution is 2.48. The standard InChI is InChI=1S/C34H36N4O8S/c1-32(2)23-6-4-5-7-24(23)38(3)25(32)9-8-22-27(39)43-33(44-28(22)40)14-10-20(11-15-33)21-12-16-34(17-13-21)45-29(41)26(30(42)46-34)36-37-31-35-18-19-47-31/h4-9,18-21H,10-17H2,1-3H3,(H,35,37,41,42)/p+1. The van der Waals surface area contributed by atoms with E-state index in [4.69, 9.17) is 18.9 Å². The number of hydrogen-bond donors (Lipinski definition) is 2. The van der Waals surface area contributed by atoms with E-state index in [0.29, 0.717) is 55.5 Å². The van der Waals surface area contributed by atoms with Gasteiger partial charge in [0.1, 0.15) is 12.6 Å². The van der Waals surface area contributed by atoms with Gasteiger partial charge in [-0.05, 0) is 57.4 Å². The van der Waals surface area contributed by atoms with Crippen LogP contribution in [0.3, 0.4) is 0 Å². The minimum absolute atomic E-state index is 0.00766. The summed E-state index contributed by atoms with van der Waals surface area (Å²) in [6.45, 7) is 4.25. The Labute approximate surface area is 275 Å². The summed E-state index contributed by atoms with van der Waals surface area (Å²) in [5, 5.41) is 16.9. The van der Waals surface area contributed by atoms with Crippen molar-refractivity contribution >= 4 is 51.5 Å². The minimum Gasteiger partial charge on any atom is -0.480 e. The van der Waals surface area contributed by atoms with Crippen LogP contribution in [0.15, 0.2) is 64.6 Å². The van der Waals surface area contributed by atoms with Crippen LogP contribution in [0.25, 0.3) is 0 Å². The van der Waals surface area contributed by atoms with Crippen molar-refractivity contribution in [2.75, 3.05) is 12.5 Å². The van der Waals surface area contributed by atoms with Crippen LogP contribution < -0.4 is 5.43 Å². The van der Waals surface area contributed by atoms with Crippen LogP contribution in [0.2, 0.25) is 0 Å². The quantitative estimate of drug-likeness (QED) is 0.243. The smallest absolute Gasteiger partial charge is 0.369 e. The van der Waals surface area contributed by atoms with Crippen molar-refractivity contribution in [3.8, 4) is 0 Å². The van der Waals surface area contributed by atoms with Gasteiger partial charge in [0.15, 0.2) is 5.71 Å². The number of aliphatic hydroxyl groups excluding tert-OH is 1. The van der Waals surface area contributed by atoms with Crippen molar-refractivity contribution in [1.29, 1.82) is 0 Å². The third-order valence-electron chi connectivity index (χ3n) is 10.3. The van der Waals surface area contributed by atoms with Crippen molar-refractivity contribution in [1.82, 2.24) is 4.98 Å². The first-order chi connectivity index (χ1) is 22.5. The van der Waals surface area contributed by atoms with Crippen LogP contribution in [0.4, 0.5) is 10.8 Å². The number of anilines is 1. The second kappa shape index (κ2) is 11.6. The number of fused-ring (bicyclic) bond motifs is 1. The molecule has 1 aromatic carbocycles. The summed E-state index contributed by atoms with van der Waals surface area (Å²) in [5.74, 6) is -4.51. The number of nitrogens with zero attached hydrogens (tertiary/aromatic N) is 3. The number of carbonyl (C=O) groups excluding carboxylic acids is 3. The fourth-order valence-electron chi connectivity index (χ4n) is 7.69. The average molecular weight is 662 g/mol. The number of aliphatic hydroxyl groups is 1. The fraction of sp³-hybridized carbons (Fsp3) is 0.471. The van der Waals surface area contributed by atoms with Gasteiger partial charge in [-0.2, -0.15) is 9.68 Å². The van der Waals surface area contributed by atoms with E-state index in [2.05, 4.69) is 46.1 Å². The topological polar surface area (TPSA) is 149 Å². The normalized spacial score (nSPS) is 30.3. The Morgan fingerprint density at radius 2 is 1.51 bits per heavy atom. The van der Waals surface area contributed by atoms with Gasteiger partial charge in [-0.3, -0.25) is 5.43 Å². The number of benzene rings is 1. The lowest BCUT2D eigenvalue weighted by Gasteiger charge is -2.45. The number of allylic oxidation sites excluding steroid dienone is 1. The van der Waals surface area contributed by atoms with Gasteiger partial charge in [-0.25, -0.2) is 19.4 Å². The van der Waals surface area contributed by atoms with Crippen molar-refractivity contribution in [2.45, 2.75) is 82.2 Å². The SMILES string of the molecule is C[N+]1=C(/C=C/C2=C(O)OC3(CCC(C4CCC5(CC4)OC(=O)C(=NNc4nccs4)C(=O)O5)CC3)OC2=O)C(C)(C)c2ccccc21. The molecule has 0 bridgehead atoms. The summed E-state index contributed by atoms with van der Waals surface area (Å²) < 4.78 is 25.1. The molecule has 0 unspecified atom stereocenters. The summed E-state index contributed by atoms with van der Waals surface area (Å²) in [6.07, 6.45) is 9.55. The maximum atomic E-state index is 13.2. The van der Waals surface area contributed by atoms with Gasteiger partial charge in [0, 0.05) is 55.0 Å². The molecule has 246 valence electrons. The highest BCUT2D eigenvalue weighted by molar-refractivity contribution is 7.13. The van der Waals surface area contributed by atoms with Crippen LogP contribution in [0.5, 0.6) is 0 Å². The van der Waals surface area contributed by atoms with Gasteiger partial charge in [-0.1, -0.05) is 18.2 Å². The molecule has 2 aromatic rings. The molecular formula is C34H37N4O8S+. The Balaban J connectivity index is 0.945. The molecule has 12 nitrogen and oxygen atoms in total. The summed E-state index contributed by atoms with van der Waals surface area (Å²) in [6, 6.07) is 8.17. The van der Waals surface area contributed by atoms with Gasteiger partial charge in [0.2, 0.25) is 10.8 Å². The number of aromatic nitrogens is 1. The zero-order valence-corrected chi connectivity index (χ0v) is 27.3. The molecule has 1 saturated heterocycles. The van der Waals surface area contributed by atoms with E-state index in [9.17, 15) is 19.5 Å². The number of ether oxygens (including phenoxy) is 4. The highest BCUT2D eigenvalue weighted by atomic mass is 32.1. The number of esters is 3. The van der Waals surface area contributed by atoms with E-state index in [0.717, 1.165) is 24.2 Å². The number of thiazole rings is 1. The molecule has 0 atom stereocenters. The molecule has 0 amide bonds. The van der Waals surface area contributed by atoms with Crippen molar-refractivity contribution in [3.63, 3.8) is 0 Å². The number of hydrogen-bond acceptors (Lipinski definition) is 12. The molecule has 2 N–H and O–H groups in total. The lowest BCUT2D eigenvalue weighted by Crippen LogP contribution is -2.53. The lowest BCUT2D eigenvalue weighted by molar-refractivity contribution is -0.401. The molecule has 47 heavy (non-hydrogen) atoms. The van der Waals surface area contributed by atoms with E-state index in [1.165, 1.54) is 16.9 Å². The summed E-state index contributed by atoms with van der Waals surface area (Å²) in [4.78, 5) is 42.5. The predicted molar refractivity (Wildman–Crippen MR) is 171 cm³/mol. The second-order valence-electron chi connectivity index (χ2n) is 13.3. The first kappa shape index (κ1) is 31.1. The van der Waals surface area contributed by atoms with Crippen LogP contribution in [0.1, 0.15) is 70.8 Å². The molecule has 2 aliphatic carbocycles. The number of hydrazone groups is 1. The van der Waals surface area contributed by atoms with Gasteiger partial charge in [0.05, 0.1) is 5.41 Å². The molecule has 5 aliphatic rings. The minimum atomic E-state index is -1.28. The molecule has 2 saturated carbocycles. The Kier molecular flexibility index (Phi) is 7.69. The zero-order chi connectivity index (χ0) is 33.0. The van der Waals surface area contributed by atoms with Crippen molar-refractivity contribution in [2.24, 2.45) is 16.9 Å².